The first-order valence-electron chi connectivity index (χ1n) is 5.86. The molecule has 0 aliphatic carbocycles. The van der Waals surface area contributed by atoms with Crippen LogP contribution in [-0.2, 0) is 14.8 Å². The standard InChI is InChI=1S/C12H18FN3O3S/c1-12(2,3)16-11(17)7-15-20(18,19)10-5-8(13)4-9(14)6-10/h4-6,15H,7,14H2,1-3H3,(H,16,17). The Labute approximate surface area is 117 Å². The van der Waals surface area contributed by atoms with Gasteiger partial charge in [-0.25, -0.2) is 17.5 Å². The molecular formula is C12H18FN3O3S. The largest absolute Gasteiger partial charge is 0.399 e. The number of nitrogens with one attached hydrogen (secondary N) is 2. The van der Waals surface area contributed by atoms with E-state index in [4.69, 9.17) is 5.73 Å². The van der Waals surface area contributed by atoms with E-state index in [0.29, 0.717) is 0 Å². The van der Waals surface area contributed by atoms with Crippen LogP contribution in [0.4, 0.5) is 10.1 Å². The summed E-state index contributed by atoms with van der Waals surface area (Å²) in [6.07, 6.45) is 0. The Morgan fingerprint density at radius 1 is 1.30 bits per heavy atom. The van der Waals surface area contributed by atoms with Gasteiger partial charge in [0, 0.05) is 11.2 Å². The van der Waals surface area contributed by atoms with Crippen molar-refractivity contribution >= 4 is 21.6 Å². The van der Waals surface area contributed by atoms with E-state index in [1.54, 1.807) is 20.8 Å². The molecule has 0 atom stereocenters. The van der Waals surface area contributed by atoms with Gasteiger partial charge in [0.25, 0.3) is 0 Å². The van der Waals surface area contributed by atoms with Gasteiger partial charge in [0.15, 0.2) is 0 Å². The minimum Gasteiger partial charge on any atom is -0.399 e. The maximum atomic E-state index is 13.1. The number of anilines is 1. The van der Waals surface area contributed by atoms with Crippen molar-refractivity contribution in [3.63, 3.8) is 0 Å². The zero-order valence-corrected chi connectivity index (χ0v) is 12.3. The molecule has 0 unspecified atom stereocenters. The molecular weight excluding hydrogens is 285 g/mol. The first-order chi connectivity index (χ1) is 8.99. The molecule has 6 nitrogen and oxygen atoms in total. The van der Waals surface area contributed by atoms with Crippen LogP contribution in [0.15, 0.2) is 23.1 Å². The molecule has 20 heavy (non-hydrogen) atoms. The van der Waals surface area contributed by atoms with E-state index < -0.39 is 33.8 Å². The zero-order valence-electron chi connectivity index (χ0n) is 11.5. The molecule has 0 aliphatic rings. The third-order valence-corrected chi connectivity index (χ3v) is 3.52. The number of hydrogen-bond donors (Lipinski definition) is 3. The van der Waals surface area contributed by atoms with Gasteiger partial charge in [-0.05, 0) is 39.0 Å². The van der Waals surface area contributed by atoms with Crippen molar-refractivity contribution in [3.05, 3.63) is 24.0 Å². The minimum atomic E-state index is -3.99. The van der Waals surface area contributed by atoms with Crippen LogP contribution < -0.4 is 15.8 Å². The Bertz CT molecular complexity index is 589. The molecule has 112 valence electrons. The maximum Gasteiger partial charge on any atom is 0.241 e. The van der Waals surface area contributed by atoms with Crippen molar-refractivity contribution in [1.82, 2.24) is 10.0 Å². The lowest BCUT2D eigenvalue weighted by molar-refractivity contribution is -0.121. The van der Waals surface area contributed by atoms with Crippen LogP contribution in [0.2, 0.25) is 0 Å². The molecule has 1 rings (SSSR count). The van der Waals surface area contributed by atoms with Crippen molar-refractivity contribution in [1.29, 1.82) is 0 Å². The molecule has 1 aromatic carbocycles. The summed E-state index contributed by atoms with van der Waals surface area (Å²) < 4.78 is 39.0. The predicted octanol–water partition coefficient (Wildman–Crippen LogP) is 0.601. The Balaban J connectivity index is 2.78. The Kier molecular flexibility index (Phi) is 4.72. The molecule has 1 aromatic rings. The highest BCUT2D eigenvalue weighted by Crippen LogP contribution is 2.15. The minimum absolute atomic E-state index is 0.00971. The first-order valence-corrected chi connectivity index (χ1v) is 7.35. The highest BCUT2D eigenvalue weighted by atomic mass is 32.2. The highest BCUT2D eigenvalue weighted by Gasteiger charge is 2.19. The summed E-state index contributed by atoms with van der Waals surface area (Å²) in [5.41, 5.74) is 4.91. The van der Waals surface area contributed by atoms with Crippen LogP contribution in [-0.4, -0.2) is 26.4 Å². The summed E-state index contributed by atoms with van der Waals surface area (Å²) in [4.78, 5) is 11.2. The summed E-state index contributed by atoms with van der Waals surface area (Å²) in [5, 5.41) is 2.60. The molecule has 0 heterocycles. The lowest BCUT2D eigenvalue weighted by atomic mass is 10.1. The van der Waals surface area contributed by atoms with E-state index in [0.717, 1.165) is 18.2 Å². The van der Waals surface area contributed by atoms with E-state index in [2.05, 4.69) is 10.0 Å². The van der Waals surface area contributed by atoms with Gasteiger partial charge in [-0.2, -0.15) is 0 Å². The highest BCUT2D eigenvalue weighted by molar-refractivity contribution is 7.89. The van der Waals surface area contributed by atoms with Crippen LogP contribution in [0.5, 0.6) is 0 Å². The summed E-state index contributed by atoms with van der Waals surface area (Å²) >= 11 is 0. The molecule has 8 heteroatoms. The number of amides is 1. The Morgan fingerprint density at radius 3 is 2.40 bits per heavy atom. The van der Waals surface area contributed by atoms with Crippen molar-refractivity contribution in [2.45, 2.75) is 31.2 Å². The van der Waals surface area contributed by atoms with Gasteiger partial charge < -0.3 is 11.1 Å². The number of nitrogens with two attached hydrogens (primary N) is 1. The van der Waals surface area contributed by atoms with Gasteiger partial charge in [-0.3, -0.25) is 4.79 Å². The van der Waals surface area contributed by atoms with Gasteiger partial charge in [0.05, 0.1) is 11.4 Å². The molecule has 0 saturated heterocycles. The quantitative estimate of drug-likeness (QED) is 0.709. The van der Waals surface area contributed by atoms with Crippen molar-refractivity contribution in [2.24, 2.45) is 0 Å². The molecule has 0 saturated carbocycles. The fourth-order valence-corrected chi connectivity index (χ4v) is 2.49. The van der Waals surface area contributed by atoms with Crippen molar-refractivity contribution in [3.8, 4) is 0 Å². The third kappa shape index (κ3) is 5.14. The summed E-state index contributed by atoms with van der Waals surface area (Å²) in [6, 6.07) is 2.96. The predicted molar refractivity (Wildman–Crippen MR) is 73.9 cm³/mol. The fraction of sp³-hybridized carbons (Fsp3) is 0.417. The van der Waals surface area contributed by atoms with E-state index in [9.17, 15) is 17.6 Å². The first kappa shape index (κ1) is 16.4. The molecule has 0 aromatic heterocycles. The smallest absolute Gasteiger partial charge is 0.241 e. The second kappa shape index (κ2) is 5.76. The number of hydrogen-bond acceptors (Lipinski definition) is 4. The zero-order chi connectivity index (χ0) is 15.6. The fourth-order valence-electron chi connectivity index (χ4n) is 1.45. The second-order valence-electron chi connectivity index (χ2n) is 5.34. The van der Waals surface area contributed by atoms with Gasteiger partial charge in [0.2, 0.25) is 15.9 Å². The van der Waals surface area contributed by atoms with Crippen molar-refractivity contribution in [2.75, 3.05) is 12.3 Å². The lowest BCUT2D eigenvalue weighted by Gasteiger charge is -2.20. The Morgan fingerprint density at radius 2 is 1.90 bits per heavy atom. The monoisotopic (exact) mass is 303 g/mol. The average Bonchev–Trinajstić information content (AvgIpc) is 2.23. The number of nitrogen functional groups attached to an aromatic ring is 1. The van der Waals surface area contributed by atoms with Gasteiger partial charge >= 0.3 is 0 Å². The van der Waals surface area contributed by atoms with E-state index in [1.165, 1.54) is 0 Å². The van der Waals surface area contributed by atoms with Crippen LogP contribution in [0.25, 0.3) is 0 Å². The van der Waals surface area contributed by atoms with Gasteiger partial charge in [0.1, 0.15) is 5.82 Å². The van der Waals surface area contributed by atoms with Crippen LogP contribution in [0, 0.1) is 5.82 Å². The topological polar surface area (TPSA) is 101 Å². The normalized spacial score (nSPS) is 12.2. The number of carbonyl (C=O) groups excluding carboxylic acids is 1. The molecule has 1 amide bonds. The molecule has 0 fully saturated rings. The second-order valence-corrected chi connectivity index (χ2v) is 7.11. The molecule has 0 spiro atoms. The molecule has 0 radical (unpaired) electrons. The van der Waals surface area contributed by atoms with E-state index in [-0.39, 0.29) is 10.6 Å². The molecule has 4 N–H and O–H groups in total. The Hall–Kier alpha value is -1.67. The number of carbonyl (C=O) groups is 1. The average molecular weight is 303 g/mol. The number of benzene rings is 1. The molecule has 0 bridgehead atoms. The van der Waals surface area contributed by atoms with Crippen molar-refractivity contribution < 1.29 is 17.6 Å². The van der Waals surface area contributed by atoms with Gasteiger partial charge in [-0.1, -0.05) is 0 Å². The van der Waals surface area contributed by atoms with E-state index >= 15 is 0 Å². The number of rotatable bonds is 4. The lowest BCUT2D eigenvalue weighted by Crippen LogP contribution is -2.45. The van der Waals surface area contributed by atoms with Crippen LogP contribution in [0.1, 0.15) is 20.8 Å². The third-order valence-electron chi connectivity index (χ3n) is 2.14. The number of halogens is 1. The summed E-state index contributed by atoms with van der Waals surface area (Å²) in [7, 11) is -3.99. The SMILES string of the molecule is CC(C)(C)NC(=O)CNS(=O)(=O)c1cc(N)cc(F)c1. The summed E-state index contributed by atoms with van der Waals surface area (Å²) in [5.74, 6) is -1.24. The van der Waals surface area contributed by atoms with E-state index in [1.807, 2.05) is 0 Å². The molecule has 0 aliphatic heterocycles. The number of sulfonamides is 1. The summed E-state index contributed by atoms with van der Waals surface area (Å²) in [6.45, 7) is 4.88. The maximum absolute atomic E-state index is 13.1. The van der Waals surface area contributed by atoms with Crippen LogP contribution >= 0.6 is 0 Å². The van der Waals surface area contributed by atoms with Gasteiger partial charge in [-0.15, -0.1) is 0 Å². The van der Waals surface area contributed by atoms with Crippen LogP contribution in [0.3, 0.4) is 0 Å².